The molecule has 1 aromatic carbocycles. The van der Waals surface area contributed by atoms with Gasteiger partial charge in [-0.05, 0) is 67.0 Å². The van der Waals surface area contributed by atoms with Gasteiger partial charge in [0.25, 0.3) is 0 Å². The maximum absolute atomic E-state index is 6.39. The van der Waals surface area contributed by atoms with Crippen LogP contribution in [0.25, 0.3) is 5.69 Å². The Morgan fingerprint density at radius 2 is 2.25 bits per heavy atom. The fourth-order valence-electron chi connectivity index (χ4n) is 2.81. The van der Waals surface area contributed by atoms with E-state index in [2.05, 4.69) is 56.5 Å². The minimum absolute atomic E-state index is 0.358. The molecule has 3 nitrogen and oxygen atoms in total. The molecule has 1 aliphatic rings. The van der Waals surface area contributed by atoms with Gasteiger partial charge in [0.15, 0.2) is 0 Å². The molecule has 20 heavy (non-hydrogen) atoms. The number of aromatic nitrogens is 2. The maximum Gasteiger partial charge on any atom is 0.0995 e. The van der Waals surface area contributed by atoms with Crippen molar-refractivity contribution in [3.63, 3.8) is 0 Å². The quantitative estimate of drug-likeness (QED) is 0.759. The molecule has 2 unspecified atom stereocenters. The Balaban J connectivity index is 1.97. The summed E-state index contributed by atoms with van der Waals surface area (Å²) in [5, 5.41) is 4.42. The molecule has 3 rings (SSSR count). The number of nitrogens with zero attached hydrogens (tertiary/aromatic N) is 2. The highest BCUT2D eigenvalue weighted by Crippen LogP contribution is 2.30. The van der Waals surface area contributed by atoms with Crippen molar-refractivity contribution in [2.24, 2.45) is 0 Å². The largest absolute Gasteiger partial charge is 0.306 e. The number of rotatable bonds is 2. The third-order valence-corrected chi connectivity index (χ3v) is 4.78. The van der Waals surface area contributed by atoms with Crippen LogP contribution in [0, 0.1) is 3.57 Å². The van der Waals surface area contributed by atoms with Gasteiger partial charge in [-0.2, -0.15) is 0 Å². The zero-order valence-electron chi connectivity index (χ0n) is 11.3. The summed E-state index contributed by atoms with van der Waals surface area (Å²) in [6.07, 6.45) is 7.45. The number of nitrogens with one attached hydrogen (secondary N) is 1. The molecule has 1 fully saturated rings. The van der Waals surface area contributed by atoms with Crippen LogP contribution in [0.2, 0.25) is 5.02 Å². The fourth-order valence-corrected chi connectivity index (χ4v) is 3.76. The van der Waals surface area contributed by atoms with Crippen molar-refractivity contribution in [3.05, 3.63) is 45.0 Å². The number of hydrogen-bond donors (Lipinski definition) is 1. The van der Waals surface area contributed by atoms with Gasteiger partial charge < -0.3 is 9.88 Å². The van der Waals surface area contributed by atoms with Crippen molar-refractivity contribution in [2.45, 2.75) is 38.3 Å². The van der Waals surface area contributed by atoms with E-state index in [1.807, 2.05) is 18.6 Å². The highest BCUT2D eigenvalue weighted by atomic mass is 127. The fraction of sp³-hybridized carbons (Fsp3) is 0.400. The summed E-state index contributed by atoms with van der Waals surface area (Å²) >= 11 is 8.66. The predicted molar refractivity (Wildman–Crippen MR) is 90.5 cm³/mol. The number of halogens is 2. The van der Waals surface area contributed by atoms with Crippen molar-refractivity contribution in [1.82, 2.24) is 14.9 Å². The monoisotopic (exact) mass is 401 g/mol. The van der Waals surface area contributed by atoms with Crippen LogP contribution >= 0.6 is 34.2 Å². The first kappa shape index (κ1) is 14.4. The SMILES string of the molecule is CC1CCCC(c2cncn2-c2ccc(I)cc2Cl)N1. The molecule has 2 heterocycles. The zero-order valence-corrected chi connectivity index (χ0v) is 14.2. The van der Waals surface area contributed by atoms with Gasteiger partial charge in [-0.25, -0.2) is 4.98 Å². The Bertz CT molecular complexity index is 611. The minimum Gasteiger partial charge on any atom is -0.306 e. The van der Waals surface area contributed by atoms with Gasteiger partial charge in [0, 0.05) is 15.7 Å². The standard InChI is InChI=1S/C15H17ClIN3/c1-10-3-2-4-13(19-10)15-8-18-9-20(15)14-6-5-11(17)7-12(14)16/h5-10,13,19H,2-4H2,1H3. The molecule has 2 aromatic rings. The number of benzene rings is 1. The van der Waals surface area contributed by atoms with Gasteiger partial charge in [0.05, 0.1) is 28.9 Å². The first-order valence-electron chi connectivity index (χ1n) is 6.89. The normalized spacial score (nSPS) is 22.9. The highest BCUT2D eigenvalue weighted by molar-refractivity contribution is 14.1. The summed E-state index contributed by atoms with van der Waals surface area (Å²) in [7, 11) is 0. The summed E-state index contributed by atoms with van der Waals surface area (Å²) in [4.78, 5) is 4.32. The van der Waals surface area contributed by atoms with Gasteiger partial charge in [0.2, 0.25) is 0 Å². The lowest BCUT2D eigenvalue weighted by Gasteiger charge is -2.29. The van der Waals surface area contributed by atoms with E-state index in [9.17, 15) is 0 Å². The van der Waals surface area contributed by atoms with Crippen LogP contribution in [0.15, 0.2) is 30.7 Å². The van der Waals surface area contributed by atoms with Crippen LogP contribution in [-0.2, 0) is 0 Å². The van der Waals surface area contributed by atoms with E-state index < -0.39 is 0 Å². The third-order valence-electron chi connectivity index (χ3n) is 3.81. The Morgan fingerprint density at radius 1 is 1.40 bits per heavy atom. The highest BCUT2D eigenvalue weighted by Gasteiger charge is 2.23. The Kier molecular flexibility index (Phi) is 4.33. The van der Waals surface area contributed by atoms with Gasteiger partial charge in [0.1, 0.15) is 0 Å². The number of imidazole rings is 1. The second kappa shape index (κ2) is 6.03. The average Bonchev–Trinajstić information content (AvgIpc) is 2.87. The van der Waals surface area contributed by atoms with Crippen molar-refractivity contribution in [2.75, 3.05) is 0 Å². The van der Waals surface area contributed by atoms with Crippen LogP contribution in [0.1, 0.15) is 37.9 Å². The summed E-state index contributed by atoms with van der Waals surface area (Å²) in [5.41, 5.74) is 2.19. The third kappa shape index (κ3) is 2.87. The van der Waals surface area contributed by atoms with Crippen molar-refractivity contribution in [1.29, 1.82) is 0 Å². The van der Waals surface area contributed by atoms with Gasteiger partial charge in [-0.3, -0.25) is 0 Å². The van der Waals surface area contributed by atoms with E-state index >= 15 is 0 Å². The topological polar surface area (TPSA) is 29.9 Å². The summed E-state index contributed by atoms with van der Waals surface area (Å²) in [6, 6.07) is 7.03. The lowest BCUT2D eigenvalue weighted by atomic mass is 9.97. The number of piperidine rings is 1. The maximum atomic E-state index is 6.39. The second-order valence-electron chi connectivity index (χ2n) is 5.34. The smallest absolute Gasteiger partial charge is 0.0995 e. The van der Waals surface area contributed by atoms with E-state index in [4.69, 9.17) is 11.6 Å². The van der Waals surface area contributed by atoms with E-state index in [0.29, 0.717) is 12.1 Å². The molecule has 1 aliphatic heterocycles. The second-order valence-corrected chi connectivity index (χ2v) is 6.99. The molecule has 0 radical (unpaired) electrons. The molecule has 5 heteroatoms. The van der Waals surface area contributed by atoms with Gasteiger partial charge >= 0.3 is 0 Å². The molecule has 0 saturated carbocycles. The lowest BCUT2D eigenvalue weighted by Crippen LogP contribution is -2.35. The molecule has 1 saturated heterocycles. The Labute approximate surface area is 137 Å². The molecule has 0 bridgehead atoms. The Morgan fingerprint density at radius 3 is 3.00 bits per heavy atom. The lowest BCUT2D eigenvalue weighted by molar-refractivity contribution is 0.334. The van der Waals surface area contributed by atoms with E-state index in [1.165, 1.54) is 18.5 Å². The Hall–Kier alpha value is -0.590. The van der Waals surface area contributed by atoms with Gasteiger partial charge in [-0.15, -0.1) is 0 Å². The number of hydrogen-bond acceptors (Lipinski definition) is 2. The predicted octanol–water partition coefficient (Wildman–Crippen LogP) is 4.33. The molecule has 1 aromatic heterocycles. The van der Waals surface area contributed by atoms with Crippen LogP contribution in [-0.4, -0.2) is 15.6 Å². The summed E-state index contributed by atoms with van der Waals surface area (Å²) < 4.78 is 3.25. The average molecular weight is 402 g/mol. The van der Waals surface area contributed by atoms with Crippen molar-refractivity contribution < 1.29 is 0 Å². The van der Waals surface area contributed by atoms with Crippen LogP contribution in [0.3, 0.4) is 0 Å². The summed E-state index contributed by atoms with van der Waals surface area (Å²) in [5.74, 6) is 0. The molecule has 0 amide bonds. The molecular weight excluding hydrogens is 385 g/mol. The molecular formula is C15H17ClIN3. The molecule has 106 valence electrons. The molecule has 2 atom stereocenters. The van der Waals surface area contributed by atoms with E-state index in [-0.39, 0.29) is 0 Å². The van der Waals surface area contributed by atoms with Crippen LogP contribution in [0.5, 0.6) is 0 Å². The molecule has 1 N–H and O–H groups in total. The first-order chi connectivity index (χ1) is 9.65. The van der Waals surface area contributed by atoms with E-state index in [0.717, 1.165) is 20.7 Å². The zero-order chi connectivity index (χ0) is 14.1. The van der Waals surface area contributed by atoms with Gasteiger partial charge in [-0.1, -0.05) is 11.6 Å². The van der Waals surface area contributed by atoms with E-state index in [1.54, 1.807) is 0 Å². The van der Waals surface area contributed by atoms with Crippen LogP contribution < -0.4 is 5.32 Å². The molecule has 0 aliphatic carbocycles. The van der Waals surface area contributed by atoms with Crippen molar-refractivity contribution >= 4 is 34.2 Å². The minimum atomic E-state index is 0.358. The first-order valence-corrected chi connectivity index (χ1v) is 8.34. The summed E-state index contributed by atoms with van der Waals surface area (Å²) in [6.45, 7) is 2.24. The van der Waals surface area contributed by atoms with Crippen molar-refractivity contribution in [3.8, 4) is 5.69 Å². The molecule has 0 spiro atoms. The van der Waals surface area contributed by atoms with Crippen LogP contribution in [0.4, 0.5) is 0 Å².